The van der Waals surface area contributed by atoms with Crippen LogP contribution in [0.25, 0.3) is 11.2 Å². The lowest BCUT2D eigenvalue weighted by Crippen LogP contribution is -2.18. The lowest BCUT2D eigenvalue weighted by atomic mass is 10.1. The highest BCUT2D eigenvalue weighted by molar-refractivity contribution is 5.81. The molecule has 126 valence electrons. The third kappa shape index (κ3) is 3.53. The van der Waals surface area contributed by atoms with E-state index in [4.69, 9.17) is 0 Å². The molecule has 3 aromatic rings. The van der Waals surface area contributed by atoms with E-state index in [9.17, 15) is 13.2 Å². The fourth-order valence-corrected chi connectivity index (χ4v) is 2.23. The molecule has 24 heavy (non-hydrogen) atoms. The lowest BCUT2D eigenvalue weighted by molar-refractivity contribution is -0.274. The van der Waals surface area contributed by atoms with Crippen LogP contribution >= 0.6 is 0 Å². The second kappa shape index (κ2) is 6.30. The van der Waals surface area contributed by atoms with Crippen LogP contribution in [-0.2, 0) is 13.5 Å². The topological polar surface area (TPSA) is 77.8 Å². The number of aryl methyl sites for hydroxylation is 1. The Morgan fingerprint density at radius 2 is 2.00 bits per heavy atom. The fourth-order valence-electron chi connectivity index (χ4n) is 2.23. The molecule has 10 heteroatoms. The van der Waals surface area contributed by atoms with Crippen LogP contribution in [0.2, 0.25) is 0 Å². The lowest BCUT2D eigenvalue weighted by Gasteiger charge is -2.13. The van der Waals surface area contributed by atoms with Crippen LogP contribution in [0.3, 0.4) is 0 Å². The van der Waals surface area contributed by atoms with E-state index in [1.54, 1.807) is 19.2 Å². The van der Waals surface area contributed by atoms with E-state index >= 15 is 0 Å². The average Bonchev–Trinajstić information content (AvgIpc) is 2.90. The molecule has 0 unspecified atom stereocenters. The van der Waals surface area contributed by atoms with Gasteiger partial charge in [-0.15, -0.1) is 18.3 Å². The normalized spacial score (nSPS) is 11.7. The number of ether oxygens (including phenoxy) is 1. The van der Waals surface area contributed by atoms with Crippen molar-refractivity contribution in [3.8, 4) is 5.75 Å². The number of aromatic nitrogens is 5. The summed E-state index contributed by atoms with van der Waals surface area (Å²) in [5.74, 6) is 0.265. The van der Waals surface area contributed by atoms with Gasteiger partial charge in [0.1, 0.15) is 12.1 Å². The molecular formula is C14H13F3N6O. The molecule has 2 aromatic heterocycles. The highest BCUT2D eigenvalue weighted by Gasteiger charge is 2.31. The molecule has 0 atom stereocenters. The predicted octanol–water partition coefficient (Wildman–Crippen LogP) is 2.31. The van der Waals surface area contributed by atoms with Gasteiger partial charge in [0.25, 0.3) is 0 Å². The Bertz CT molecular complexity index is 848. The SMILES string of the molecule is Cn1nnc2c(NCCc3ccccc3OC(F)(F)F)ncnc21. The van der Waals surface area contributed by atoms with Crippen molar-refractivity contribution in [1.82, 2.24) is 25.0 Å². The van der Waals surface area contributed by atoms with Crippen LogP contribution in [0.1, 0.15) is 5.56 Å². The molecular weight excluding hydrogens is 325 g/mol. The van der Waals surface area contributed by atoms with Gasteiger partial charge in [-0.3, -0.25) is 0 Å². The summed E-state index contributed by atoms with van der Waals surface area (Å²) >= 11 is 0. The summed E-state index contributed by atoms with van der Waals surface area (Å²) in [7, 11) is 1.71. The molecule has 1 N–H and O–H groups in total. The number of hydrogen-bond acceptors (Lipinski definition) is 6. The Hall–Kier alpha value is -2.91. The number of fused-ring (bicyclic) bond motifs is 1. The van der Waals surface area contributed by atoms with E-state index in [0.717, 1.165) is 0 Å². The first kappa shape index (κ1) is 16.0. The number of halogens is 3. The van der Waals surface area contributed by atoms with Crippen molar-refractivity contribution in [1.29, 1.82) is 0 Å². The van der Waals surface area contributed by atoms with Gasteiger partial charge >= 0.3 is 6.36 Å². The van der Waals surface area contributed by atoms with E-state index in [-0.39, 0.29) is 5.75 Å². The second-order valence-corrected chi connectivity index (χ2v) is 4.94. The predicted molar refractivity (Wildman–Crippen MR) is 79.4 cm³/mol. The van der Waals surface area contributed by atoms with Gasteiger partial charge in [0.15, 0.2) is 17.0 Å². The van der Waals surface area contributed by atoms with Crippen molar-refractivity contribution in [3.63, 3.8) is 0 Å². The average molecular weight is 338 g/mol. The van der Waals surface area contributed by atoms with Crippen molar-refractivity contribution in [2.24, 2.45) is 7.05 Å². The van der Waals surface area contributed by atoms with Crippen LogP contribution in [0, 0.1) is 0 Å². The number of nitrogens with zero attached hydrogens (tertiary/aromatic N) is 5. The molecule has 0 spiro atoms. The van der Waals surface area contributed by atoms with E-state index in [1.807, 2.05) is 0 Å². The summed E-state index contributed by atoms with van der Waals surface area (Å²) in [6.07, 6.45) is -3.03. The van der Waals surface area contributed by atoms with E-state index < -0.39 is 6.36 Å². The molecule has 7 nitrogen and oxygen atoms in total. The third-order valence-electron chi connectivity index (χ3n) is 3.27. The molecule has 0 saturated carbocycles. The molecule has 0 bridgehead atoms. The van der Waals surface area contributed by atoms with Crippen molar-refractivity contribution >= 4 is 17.0 Å². The largest absolute Gasteiger partial charge is 0.573 e. The Labute approximate surface area is 134 Å². The van der Waals surface area contributed by atoms with Gasteiger partial charge in [0.2, 0.25) is 0 Å². The summed E-state index contributed by atoms with van der Waals surface area (Å²) in [6, 6.07) is 6.02. The minimum absolute atomic E-state index is 0.209. The first-order valence-electron chi connectivity index (χ1n) is 7.02. The van der Waals surface area contributed by atoms with Gasteiger partial charge in [0.05, 0.1) is 0 Å². The van der Waals surface area contributed by atoms with Crippen molar-refractivity contribution in [2.75, 3.05) is 11.9 Å². The first-order valence-corrected chi connectivity index (χ1v) is 7.02. The number of para-hydroxylation sites is 1. The zero-order chi connectivity index (χ0) is 17.2. The quantitative estimate of drug-likeness (QED) is 0.769. The van der Waals surface area contributed by atoms with Crippen LogP contribution in [0.5, 0.6) is 5.75 Å². The van der Waals surface area contributed by atoms with Gasteiger partial charge in [-0.1, -0.05) is 23.4 Å². The Balaban J connectivity index is 1.70. The van der Waals surface area contributed by atoms with Crippen molar-refractivity contribution in [3.05, 3.63) is 36.2 Å². The summed E-state index contributed by atoms with van der Waals surface area (Å²) in [6.45, 7) is 0.348. The zero-order valence-electron chi connectivity index (χ0n) is 12.6. The Morgan fingerprint density at radius 1 is 1.21 bits per heavy atom. The summed E-state index contributed by atoms with van der Waals surface area (Å²) in [5.41, 5.74) is 1.50. The second-order valence-electron chi connectivity index (χ2n) is 4.94. The van der Waals surface area contributed by atoms with Crippen molar-refractivity contribution < 1.29 is 17.9 Å². The molecule has 0 aliphatic heterocycles. The van der Waals surface area contributed by atoms with Crippen LogP contribution in [0.4, 0.5) is 19.0 Å². The number of hydrogen-bond donors (Lipinski definition) is 1. The summed E-state index contributed by atoms with van der Waals surface area (Å²) in [5, 5.41) is 10.9. The van der Waals surface area contributed by atoms with Gasteiger partial charge in [-0.25, -0.2) is 14.6 Å². The number of rotatable bonds is 5. The number of anilines is 1. The van der Waals surface area contributed by atoms with Gasteiger partial charge < -0.3 is 10.1 Å². The Kier molecular flexibility index (Phi) is 4.19. The summed E-state index contributed by atoms with van der Waals surface area (Å²) < 4.78 is 42.8. The molecule has 0 radical (unpaired) electrons. The van der Waals surface area contributed by atoms with Crippen LogP contribution in [0.15, 0.2) is 30.6 Å². The van der Waals surface area contributed by atoms with Crippen LogP contribution in [-0.4, -0.2) is 37.9 Å². The zero-order valence-corrected chi connectivity index (χ0v) is 12.6. The monoisotopic (exact) mass is 338 g/mol. The minimum atomic E-state index is -4.72. The number of alkyl halides is 3. The first-order chi connectivity index (χ1) is 11.4. The smallest absolute Gasteiger partial charge is 0.406 e. The maximum atomic E-state index is 12.4. The van der Waals surface area contributed by atoms with E-state index in [2.05, 4.69) is 30.3 Å². The maximum absolute atomic E-state index is 12.4. The highest BCUT2D eigenvalue weighted by Crippen LogP contribution is 2.26. The number of benzene rings is 1. The van der Waals surface area contributed by atoms with Crippen molar-refractivity contribution in [2.45, 2.75) is 12.8 Å². The standard InChI is InChI=1S/C14H13F3N6O/c1-23-13-11(21-22-23)12(19-8-20-13)18-7-6-9-4-2-3-5-10(9)24-14(15,16)17/h2-5,8H,6-7H2,1H3,(H,18,19,20). The number of nitrogens with one attached hydrogen (secondary N) is 1. The van der Waals surface area contributed by atoms with E-state index in [1.165, 1.54) is 23.1 Å². The Morgan fingerprint density at radius 3 is 2.79 bits per heavy atom. The van der Waals surface area contributed by atoms with E-state index in [0.29, 0.717) is 35.5 Å². The molecule has 0 fully saturated rings. The molecule has 3 rings (SSSR count). The molecule has 1 aromatic carbocycles. The molecule has 0 aliphatic carbocycles. The fraction of sp³-hybridized carbons (Fsp3) is 0.286. The minimum Gasteiger partial charge on any atom is -0.406 e. The highest BCUT2D eigenvalue weighted by atomic mass is 19.4. The maximum Gasteiger partial charge on any atom is 0.573 e. The molecule has 2 heterocycles. The van der Waals surface area contributed by atoms with Gasteiger partial charge in [-0.2, -0.15) is 0 Å². The molecule has 0 aliphatic rings. The van der Waals surface area contributed by atoms with Gasteiger partial charge in [0, 0.05) is 13.6 Å². The summed E-state index contributed by atoms with van der Waals surface area (Å²) in [4.78, 5) is 8.15. The van der Waals surface area contributed by atoms with Crippen LogP contribution < -0.4 is 10.1 Å². The molecule has 0 saturated heterocycles. The molecule has 0 amide bonds. The third-order valence-corrected chi connectivity index (χ3v) is 3.27. The van der Waals surface area contributed by atoms with Gasteiger partial charge in [-0.05, 0) is 18.1 Å².